The van der Waals surface area contributed by atoms with Gasteiger partial charge in [-0.3, -0.25) is 14.4 Å². The van der Waals surface area contributed by atoms with E-state index >= 15 is 8.78 Å². The second kappa shape index (κ2) is 5.91. The van der Waals surface area contributed by atoms with Crippen LogP contribution in [0, 0.1) is 28.6 Å². The first kappa shape index (κ1) is 20.5. The van der Waals surface area contributed by atoms with E-state index in [0.29, 0.717) is 0 Å². The largest absolute Gasteiger partial charge is 0.390 e. The van der Waals surface area contributed by atoms with Gasteiger partial charge in [0.1, 0.15) is 11.8 Å². The number of fused-ring (bicyclic) bond motifs is 5. The highest BCUT2D eigenvalue weighted by molar-refractivity contribution is 6.29. The number of Topliss-reactive ketones (excluding diaryl/α,β-unsaturated/α-hetero) is 1. The van der Waals surface area contributed by atoms with Crippen molar-refractivity contribution in [3.63, 3.8) is 0 Å². The molecule has 7 heteroatoms. The maximum Gasteiger partial charge on any atom is 0.227 e. The molecule has 0 spiro atoms. The summed E-state index contributed by atoms with van der Waals surface area (Å²) in [6.45, 7) is 4.71. The normalized spacial score (nSPS) is 53.6. The minimum Gasteiger partial charge on any atom is -0.390 e. The maximum absolute atomic E-state index is 16.8. The molecule has 4 rings (SSSR count). The van der Waals surface area contributed by atoms with E-state index < -0.39 is 63.7 Å². The van der Waals surface area contributed by atoms with Crippen molar-refractivity contribution >= 4 is 17.9 Å². The van der Waals surface area contributed by atoms with Gasteiger partial charge in [0.2, 0.25) is 5.78 Å². The molecule has 29 heavy (non-hydrogen) atoms. The molecule has 0 unspecified atom stereocenters. The molecule has 3 saturated carbocycles. The monoisotopic (exact) mass is 408 g/mol. The summed E-state index contributed by atoms with van der Waals surface area (Å²) in [6.07, 6.45) is 0.282. The second-order valence-electron chi connectivity index (χ2n) is 9.74. The van der Waals surface area contributed by atoms with E-state index in [1.807, 2.05) is 0 Å². The molecule has 0 aromatic rings. The van der Waals surface area contributed by atoms with Gasteiger partial charge in [0.25, 0.3) is 0 Å². The third-order valence-electron chi connectivity index (χ3n) is 8.69. The number of carbonyl (C=O) groups is 3. The molecule has 158 valence electrons. The van der Waals surface area contributed by atoms with E-state index in [2.05, 4.69) is 0 Å². The van der Waals surface area contributed by atoms with Crippen LogP contribution in [0.1, 0.15) is 40.0 Å². The molecule has 4 aliphatic carbocycles. The minimum absolute atomic E-state index is 0.0247. The van der Waals surface area contributed by atoms with Crippen molar-refractivity contribution in [2.75, 3.05) is 0 Å². The Kier molecular flexibility index (Phi) is 4.19. The van der Waals surface area contributed by atoms with E-state index in [1.165, 1.54) is 19.1 Å². The number of aliphatic hydroxyl groups is 2. The molecule has 0 radical (unpaired) electrons. The zero-order valence-corrected chi connectivity index (χ0v) is 16.7. The van der Waals surface area contributed by atoms with Crippen LogP contribution in [0.5, 0.6) is 0 Å². The van der Waals surface area contributed by atoms with Crippen LogP contribution in [0.25, 0.3) is 0 Å². The van der Waals surface area contributed by atoms with Gasteiger partial charge in [0, 0.05) is 16.7 Å². The first-order valence-electron chi connectivity index (χ1n) is 10.1. The van der Waals surface area contributed by atoms with Gasteiger partial charge in [-0.2, -0.15) is 0 Å². The van der Waals surface area contributed by atoms with Crippen LogP contribution in [0.3, 0.4) is 0 Å². The summed E-state index contributed by atoms with van der Waals surface area (Å²) in [5.41, 5.74) is -7.06. The third-order valence-corrected chi connectivity index (χ3v) is 8.69. The summed E-state index contributed by atoms with van der Waals surface area (Å²) in [5, 5.41) is 22.3. The van der Waals surface area contributed by atoms with Crippen LogP contribution in [0.4, 0.5) is 8.78 Å². The summed E-state index contributed by atoms with van der Waals surface area (Å²) in [5.74, 6) is -3.64. The number of alkyl halides is 2. The van der Waals surface area contributed by atoms with Crippen molar-refractivity contribution in [1.82, 2.24) is 0 Å². The van der Waals surface area contributed by atoms with Crippen molar-refractivity contribution in [2.24, 2.45) is 28.6 Å². The number of hydrogen-bond donors (Lipinski definition) is 2. The van der Waals surface area contributed by atoms with Gasteiger partial charge in [-0.1, -0.05) is 19.9 Å². The molecule has 0 saturated heterocycles. The highest BCUT2D eigenvalue weighted by Crippen LogP contribution is 2.70. The SMILES string of the molecule is C[C@@H]1C[C@H]2[C@@H]3C[C@H](F)C4=CC(=O)C=C[C@]4(C)[C@@]3(F)[C@@H](O)C[C@]2(C)[C@@]1(O)C(=O)C=O. The van der Waals surface area contributed by atoms with E-state index in [4.69, 9.17) is 0 Å². The van der Waals surface area contributed by atoms with Gasteiger partial charge in [-0.25, -0.2) is 8.78 Å². The van der Waals surface area contributed by atoms with Gasteiger partial charge in [0.15, 0.2) is 17.7 Å². The molecule has 5 nitrogen and oxygen atoms in total. The molecule has 0 aromatic carbocycles. The number of allylic oxidation sites excluding steroid dienone is 4. The molecule has 0 aliphatic heterocycles. The number of ketones is 2. The van der Waals surface area contributed by atoms with E-state index in [1.54, 1.807) is 13.8 Å². The number of carbonyl (C=O) groups excluding carboxylic acids is 3. The average molecular weight is 408 g/mol. The van der Waals surface area contributed by atoms with Gasteiger partial charge >= 0.3 is 0 Å². The summed E-state index contributed by atoms with van der Waals surface area (Å²) < 4.78 is 32.1. The van der Waals surface area contributed by atoms with Gasteiger partial charge in [0.05, 0.1) is 6.10 Å². The molecule has 0 bridgehead atoms. The zero-order valence-electron chi connectivity index (χ0n) is 16.7. The van der Waals surface area contributed by atoms with Crippen LogP contribution < -0.4 is 0 Å². The molecule has 3 fully saturated rings. The minimum atomic E-state index is -2.27. The summed E-state index contributed by atoms with van der Waals surface area (Å²) in [7, 11) is 0. The van der Waals surface area contributed by atoms with Crippen molar-refractivity contribution in [2.45, 2.75) is 63.6 Å². The number of rotatable bonds is 2. The number of halogens is 2. The fraction of sp³-hybridized carbons (Fsp3) is 0.682. The summed E-state index contributed by atoms with van der Waals surface area (Å²) in [6, 6.07) is 0. The second-order valence-corrected chi connectivity index (χ2v) is 9.74. The fourth-order valence-electron chi connectivity index (χ4n) is 7.15. The molecular weight excluding hydrogens is 382 g/mol. The Morgan fingerprint density at radius 1 is 1.28 bits per heavy atom. The lowest BCUT2D eigenvalue weighted by atomic mass is 9.44. The van der Waals surface area contributed by atoms with Crippen molar-refractivity contribution < 1.29 is 33.4 Å². The number of aliphatic hydroxyl groups excluding tert-OH is 1. The van der Waals surface area contributed by atoms with E-state index in [-0.39, 0.29) is 31.1 Å². The zero-order chi connectivity index (χ0) is 21.6. The smallest absolute Gasteiger partial charge is 0.227 e. The Balaban J connectivity index is 1.88. The predicted molar refractivity (Wildman–Crippen MR) is 99.2 cm³/mol. The van der Waals surface area contributed by atoms with E-state index in [0.717, 1.165) is 6.08 Å². The highest BCUT2D eigenvalue weighted by Gasteiger charge is 2.76. The van der Waals surface area contributed by atoms with Crippen LogP contribution in [0.2, 0.25) is 0 Å². The molecule has 0 amide bonds. The Morgan fingerprint density at radius 3 is 2.55 bits per heavy atom. The Morgan fingerprint density at radius 2 is 1.93 bits per heavy atom. The van der Waals surface area contributed by atoms with Crippen LogP contribution in [-0.4, -0.2) is 51.6 Å². The number of hydrogen-bond acceptors (Lipinski definition) is 5. The van der Waals surface area contributed by atoms with Crippen LogP contribution in [-0.2, 0) is 14.4 Å². The van der Waals surface area contributed by atoms with Crippen molar-refractivity contribution in [1.29, 1.82) is 0 Å². The van der Waals surface area contributed by atoms with E-state index in [9.17, 15) is 24.6 Å². The van der Waals surface area contributed by atoms with Crippen molar-refractivity contribution in [3.8, 4) is 0 Å². The molecule has 9 atom stereocenters. The number of aldehydes is 1. The molecule has 0 heterocycles. The van der Waals surface area contributed by atoms with Crippen LogP contribution >= 0.6 is 0 Å². The van der Waals surface area contributed by atoms with Gasteiger partial charge in [-0.15, -0.1) is 0 Å². The predicted octanol–water partition coefficient (Wildman–Crippen LogP) is 2.05. The summed E-state index contributed by atoms with van der Waals surface area (Å²) in [4.78, 5) is 35.5. The van der Waals surface area contributed by atoms with Crippen molar-refractivity contribution in [3.05, 3.63) is 23.8 Å². The van der Waals surface area contributed by atoms with Gasteiger partial charge in [-0.05, 0) is 55.7 Å². The highest BCUT2D eigenvalue weighted by atomic mass is 19.1. The lowest BCUT2D eigenvalue weighted by Gasteiger charge is -2.62. The lowest BCUT2D eigenvalue weighted by molar-refractivity contribution is -0.222. The molecular formula is C22H26F2O5. The molecule has 2 N–H and O–H groups in total. The molecule has 4 aliphatic rings. The fourth-order valence-corrected chi connectivity index (χ4v) is 7.15. The lowest BCUT2D eigenvalue weighted by Crippen LogP contribution is -2.70. The standard InChI is InChI=1S/C22H26F2O5/c1-11-6-13-14-8-16(23)15-7-12(26)4-5-19(15,2)21(14,24)17(27)9-20(13,3)22(11,29)18(28)10-25/h4-5,7,10-11,13-14,16-17,27,29H,6,8-9H2,1-3H3/t11-,13+,14+,16+,17+,19+,20+,21+,22+/m1/s1. The maximum atomic E-state index is 16.8. The molecule has 0 aromatic heterocycles. The topological polar surface area (TPSA) is 91.7 Å². The Hall–Kier alpha value is -1.73. The Labute approximate surface area is 167 Å². The third kappa shape index (κ3) is 2.13. The first-order valence-corrected chi connectivity index (χ1v) is 10.1. The van der Waals surface area contributed by atoms with Gasteiger partial charge < -0.3 is 10.2 Å². The average Bonchev–Trinajstić information content (AvgIpc) is 2.86. The Bertz CT molecular complexity index is 867. The van der Waals surface area contributed by atoms with Crippen LogP contribution in [0.15, 0.2) is 23.8 Å². The summed E-state index contributed by atoms with van der Waals surface area (Å²) >= 11 is 0. The first-order chi connectivity index (χ1) is 13.4. The quantitative estimate of drug-likeness (QED) is 0.539.